The Morgan fingerprint density at radius 1 is 0.431 bits per heavy atom. The maximum absolute atomic E-state index is 14.0. The van der Waals surface area contributed by atoms with Gasteiger partial charge < -0.3 is 84.8 Å². The molecule has 3 aromatic carbocycles. The fourth-order valence-corrected chi connectivity index (χ4v) is 16.5. The fraction of sp³-hybridized carbons (Fsp3) is 0.520. The highest BCUT2D eigenvalue weighted by Crippen LogP contribution is 2.39. The molecule has 0 aliphatic carbocycles. The topological polar surface area (TPSA) is 376 Å². The van der Waals surface area contributed by atoms with Gasteiger partial charge in [0.15, 0.2) is 0 Å². The van der Waals surface area contributed by atoms with Crippen molar-refractivity contribution in [3.63, 3.8) is 0 Å². The molecule has 752 valence electrons. The summed E-state index contributed by atoms with van der Waals surface area (Å²) in [5.41, 5.74) is 8.68. The minimum absolute atomic E-state index is 0. The second kappa shape index (κ2) is 52.0. The number of likely N-dealkylation sites (N-methyl/N-ethyl adjacent to an activating group) is 3. The van der Waals surface area contributed by atoms with E-state index >= 15 is 0 Å². The van der Waals surface area contributed by atoms with Crippen LogP contribution in [0, 0.1) is 59.0 Å². The van der Waals surface area contributed by atoms with Crippen LogP contribution in [0.15, 0.2) is 54.6 Å². The van der Waals surface area contributed by atoms with E-state index < -0.39 is 63.9 Å². The smallest absolute Gasteiger partial charge is 0.416 e. The minimum Gasteiger partial charge on any atom is -0.448 e. The van der Waals surface area contributed by atoms with E-state index in [0.29, 0.717) is 185 Å². The molecule has 137 heavy (non-hydrogen) atoms. The first-order valence-electron chi connectivity index (χ1n) is 46.2. The van der Waals surface area contributed by atoms with Crippen LogP contribution in [0.5, 0.6) is 0 Å². The number of ether oxygens (including phenoxy) is 4. The molecule has 0 saturated carbocycles. The molecule has 0 radical (unpaired) electrons. The van der Waals surface area contributed by atoms with Gasteiger partial charge in [0.25, 0.3) is 35.4 Å². The molecular formula is C98H139Cl2F3N18O16. The quantitative estimate of drug-likeness (QED) is 0.00935. The number of aliphatic hydroxyl groups is 1. The lowest BCUT2D eigenvalue weighted by Crippen LogP contribution is -2.50. The average molecular weight is 1950 g/mol. The highest BCUT2D eigenvalue weighted by Gasteiger charge is 2.37. The molecule has 6 aromatic rings. The summed E-state index contributed by atoms with van der Waals surface area (Å²) in [4.78, 5) is 171. The number of piperazine rings is 3. The van der Waals surface area contributed by atoms with Crippen LogP contribution in [0.25, 0.3) is 34.9 Å². The number of nitrogens with zero attached hydrogens (tertiary/aromatic N) is 11. The van der Waals surface area contributed by atoms with Gasteiger partial charge in [-0.3, -0.25) is 53.2 Å². The van der Waals surface area contributed by atoms with Crippen LogP contribution in [0.2, 0.25) is 0 Å². The first-order valence-corrected chi connectivity index (χ1v) is 46.6. The van der Waals surface area contributed by atoms with Crippen molar-refractivity contribution in [3.8, 4) is 0 Å². The number of nitrogens with one attached hydrogen (secondary N) is 7. The molecule has 6 aliphatic rings. The number of carbonyl (C=O) groups is 11. The second-order valence-electron chi connectivity index (χ2n) is 35.5. The Morgan fingerprint density at radius 3 is 1.00 bits per heavy atom. The van der Waals surface area contributed by atoms with Crippen LogP contribution in [0.1, 0.15) is 189 Å². The Morgan fingerprint density at radius 2 is 0.715 bits per heavy atom. The summed E-state index contributed by atoms with van der Waals surface area (Å²) in [5, 5.41) is 19.4. The number of rotatable bonds is 29. The van der Waals surface area contributed by atoms with Gasteiger partial charge in [-0.2, -0.15) is 0 Å². The highest BCUT2D eigenvalue weighted by molar-refractivity contribution is 6.64. The van der Waals surface area contributed by atoms with E-state index in [-0.39, 0.29) is 100 Å². The van der Waals surface area contributed by atoms with Gasteiger partial charge >= 0.3 is 29.7 Å². The molecule has 0 bridgehead atoms. The van der Waals surface area contributed by atoms with E-state index in [4.69, 9.17) is 35.7 Å². The van der Waals surface area contributed by atoms with Gasteiger partial charge in [-0.1, -0.05) is 49.0 Å². The second-order valence-corrected chi connectivity index (χ2v) is 35.8. The standard InChI is InChI=1S/C34H47FN6O6.C29H39FN6O4.C23H26ClFN4O3.C11H22N2O3.CH4.ClH/c1-8-38(9-2)14-17-41(33(45)46-19-18-39-12-15-40(16-13-39)32(44)47-34(5,6)7)31(43)29-22(3)28(36-23(29)4)21-26-25-20-24(35)10-11-27(25)37-30(26)42;1-5-34(6-2)13-14-36(29(39)40-16-15-35-11-9-31-10-12-35)28(38)26-19(3)25(32-20(26)4)18-23-22-17-21(30)7-8-24(22)33-27(23)37;1-5-28(6-2)9-10-29(23(24)32)22(31)20-13(3)19(26-14(20)4)12-17-16-11-15(25)7-8-18(16)27-21(17)30;1-11(2,3)16-10(15)13-6-4-12(5-7-13)8-9-14;;/h10-11,20-21,36H,8-9,12-19H2,1-7H3,(H,37,42);7-8,17-18,31-32H,5-6,9-16H2,1-4H3,(H,33,37);7-8,11-12,26H,5-6,9-10H2,1-4H3,(H,27,30);14H,4-9H2,1-3H3;1H4;1H/b26-21-;23-18-;17-12-;;;. The van der Waals surface area contributed by atoms with Crippen LogP contribution in [-0.2, 0) is 33.3 Å². The molecule has 9 heterocycles. The number of aromatic nitrogens is 3. The Hall–Kier alpha value is -11.3. The number of imide groups is 3. The SMILES string of the molecule is C.CC(C)(C)OC(=O)N1CCN(CCO)CC1.CCN(CC)CCN(C(=O)Cl)C(=O)c1c(C)[nH]c(/C=C2\C(=O)Nc3ccc(F)cc32)c1C.CCN(CC)CCN(C(=O)OCCN1CCN(C(=O)OC(C)(C)C)CC1)C(=O)c1c(C)[nH]c(/C=C2\C(=O)Nc3ccc(F)cc32)c1C.CCN(CC)CCN(C(=O)OCCN1CCNCC1)C(=O)c1c(C)[nH]c(/C=C2\C(=O)Nc3ccc(F)cc32)c1C.Cl. The largest absolute Gasteiger partial charge is 0.448 e. The lowest BCUT2D eigenvalue weighted by molar-refractivity contribution is -0.111. The Balaban J connectivity index is 0.000000260. The van der Waals surface area contributed by atoms with Gasteiger partial charge in [-0.25, -0.2) is 42.1 Å². The van der Waals surface area contributed by atoms with E-state index in [1.807, 2.05) is 83.1 Å². The lowest BCUT2D eigenvalue weighted by Gasteiger charge is -2.35. The monoisotopic (exact) mass is 1950 g/mol. The Bertz CT molecular complexity index is 5330. The van der Waals surface area contributed by atoms with E-state index in [1.54, 1.807) is 69.6 Å². The molecule has 8 N–H and O–H groups in total. The van der Waals surface area contributed by atoms with Crippen molar-refractivity contribution in [2.45, 2.75) is 143 Å². The number of aliphatic hydroxyl groups excluding tert-OH is 1. The predicted octanol–water partition coefficient (Wildman–Crippen LogP) is 13.8. The number of amides is 11. The van der Waals surface area contributed by atoms with Gasteiger partial charge in [0.1, 0.15) is 41.9 Å². The maximum atomic E-state index is 14.0. The number of anilines is 3. The van der Waals surface area contributed by atoms with Gasteiger partial charge in [0.2, 0.25) is 0 Å². The fourth-order valence-electron chi connectivity index (χ4n) is 16.3. The molecule has 11 amide bonds. The summed E-state index contributed by atoms with van der Waals surface area (Å²) in [6.07, 6.45) is 2.80. The molecule has 12 rings (SSSR count). The van der Waals surface area contributed by atoms with E-state index in [1.165, 1.54) is 59.5 Å². The van der Waals surface area contributed by atoms with Crippen LogP contribution >= 0.6 is 24.0 Å². The zero-order valence-electron chi connectivity index (χ0n) is 81.6. The van der Waals surface area contributed by atoms with Gasteiger partial charge in [0.05, 0.1) is 40.0 Å². The highest BCUT2D eigenvalue weighted by atomic mass is 35.5. The normalized spacial score (nSPS) is 15.7. The van der Waals surface area contributed by atoms with E-state index in [0.717, 1.165) is 88.3 Å². The molecule has 34 nitrogen and oxygen atoms in total. The molecule has 6 aliphatic heterocycles. The van der Waals surface area contributed by atoms with E-state index in [9.17, 15) is 65.9 Å². The van der Waals surface area contributed by atoms with E-state index in [2.05, 4.69) is 65.6 Å². The third-order valence-corrected chi connectivity index (χ3v) is 24.4. The summed E-state index contributed by atoms with van der Waals surface area (Å²) in [5.74, 6) is -3.93. The summed E-state index contributed by atoms with van der Waals surface area (Å²) in [6, 6.07) is 12.3. The molecule has 3 aromatic heterocycles. The van der Waals surface area contributed by atoms with Crippen molar-refractivity contribution in [2.75, 3.05) is 212 Å². The maximum Gasteiger partial charge on any atom is 0.416 e. The number of H-pyrrole nitrogens is 3. The zero-order chi connectivity index (χ0) is 99.0. The van der Waals surface area contributed by atoms with Crippen molar-refractivity contribution in [1.29, 1.82) is 0 Å². The molecule has 0 atom stereocenters. The lowest BCUT2D eigenvalue weighted by atomic mass is 10.0. The van der Waals surface area contributed by atoms with Crippen molar-refractivity contribution in [1.82, 2.24) is 74.2 Å². The number of benzene rings is 3. The van der Waals surface area contributed by atoms with Crippen LogP contribution in [0.3, 0.4) is 0 Å². The third-order valence-electron chi connectivity index (χ3n) is 24.2. The predicted molar refractivity (Wildman–Crippen MR) is 529 cm³/mol. The Labute approximate surface area is 813 Å². The van der Waals surface area contributed by atoms with Crippen LogP contribution in [-0.4, -0.2) is 347 Å². The summed E-state index contributed by atoms with van der Waals surface area (Å²) < 4.78 is 63.6. The number of halogens is 5. The molecule has 3 saturated heterocycles. The molecule has 39 heteroatoms. The van der Waals surface area contributed by atoms with Crippen LogP contribution in [0.4, 0.5) is 54.2 Å². The summed E-state index contributed by atoms with van der Waals surface area (Å²) in [7, 11) is 0. The van der Waals surface area contributed by atoms with Crippen molar-refractivity contribution in [3.05, 3.63) is 156 Å². The van der Waals surface area contributed by atoms with Gasteiger partial charge in [-0.05, 0) is 223 Å². The van der Waals surface area contributed by atoms with Gasteiger partial charge in [0, 0.05) is 205 Å². The summed E-state index contributed by atoms with van der Waals surface area (Å²) in [6.45, 7) is 51.2. The minimum atomic E-state index is -0.846. The number of aromatic amines is 3. The summed E-state index contributed by atoms with van der Waals surface area (Å²) >= 11 is 5.73. The number of hydrogen-bond acceptors (Lipinski definition) is 23. The number of β-amino-alcohol motifs (C(OH)–C–C–N with tert-alkyl or cyclic N) is 1. The molecule has 3 fully saturated rings. The molecule has 0 spiro atoms. The van der Waals surface area contributed by atoms with Crippen molar-refractivity contribution < 1.29 is 90.0 Å². The molecule has 0 unspecified atom stereocenters. The number of hydrogen-bond donors (Lipinski definition) is 8. The number of fused-ring (bicyclic) bond motifs is 3. The first kappa shape index (κ1) is 113. The zero-order valence-corrected chi connectivity index (χ0v) is 83.1. The Kier molecular flexibility index (Phi) is 42.7. The first-order chi connectivity index (χ1) is 64.0. The average Bonchev–Trinajstić information content (AvgIpc) is 1.63. The van der Waals surface area contributed by atoms with Gasteiger partial charge in [-0.15, -0.1) is 12.4 Å². The number of aryl methyl sites for hydroxylation is 3. The third kappa shape index (κ3) is 30.6. The van der Waals surface area contributed by atoms with Crippen molar-refractivity contribution >= 4 is 141 Å². The molecular weight excluding hydrogens is 1810 g/mol. The van der Waals surface area contributed by atoms with Crippen LogP contribution < -0.4 is 21.3 Å². The van der Waals surface area contributed by atoms with Crippen molar-refractivity contribution in [2.24, 2.45) is 0 Å². The number of carbonyl (C=O) groups excluding carboxylic acids is 11.